The molecule has 3 N–H and O–H groups in total. The number of carboxylic acid groups (broad SMARTS) is 1. The molecule has 92 valence electrons. The second-order valence-corrected chi connectivity index (χ2v) is 4.21. The number of hydrogen-bond donors (Lipinski definition) is 3. The average Bonchev–Trinajstić information content (AvgIpc) is 2.30. The Hall–Kier alpha value is -1.10. The van der Waals surface area contributed by atoms with E-state index in [2.05, 4.69) is 10.6 Å². The molecule has 1 saturated heterocycles. The molecule has 0 saturated carbocycles. The third kappa shape index (κ3) is 3.81. The highest BCUT2D eigenvalue weighted by atomic mass is 16.4. The van der Waals surface area contributed by atoms with Crippen LogP contribution in [-0.4, -0.2) is 36.6 Å². The zero-order valence-corrected chi connectivity index (χ0v) is 9.66. The first kappa shape index (κ1) is 13.0. The number of aliphatic carboxylic acids is 1. The molecule has 1 fully saturated rings. The Kier molecular flexibility index (Phi) is 5.25. The van der Waals surface area contributed by atoms with Crippen LogP contribution in [0.4, 0.5) is 0 Å². The maximum absolute atomic E-state index is 11.7. The summed E-state index contributed by atoms with van der Waals surface area (Å²) < 4.78 is 0. The minimum Gasteiger partial charge on any atom is -0.481 e. The van der Waals surface area contributed by atoms with Crippen molar-refractivity contribution in [1.82, 2.24) is 10.6 Å². The van der Waals surface area contributed by atoms with Crippen molar-refractivity contribution >= 4 is 11.9 Å². The van der Waals surface area contributed by atoms with Gasteiger partial charge in [-0.05, 0) is 32.4 Å². The lowest BCUT2D eigenvalue weighted by molar-refractivity contribution is -0.141. The van der Waals surface area contributed by atoms with E-state index < -0.39 is 11.9 Å². The van der Waals surface area contributed by atoms with E-state index in [1.807, 2.05) is 6.92 Å². The lowest BCUT2D eigenvalue weighted by Crippen LogP contribution is -2.40. The van der Waals surface area contributed by atoms with E-state index in [1.165, 1.54) is 0 Å². The van der Waals surface area contributed by atoms with Gasteiger partial charge in [0.2, 0.25) is 5.91 Å². The summed E-state index contributed by atoms with van der Waals surface area (Å²) in [6, 6.07) is 0. The van der Waals surface area contributed by atoms with Crippen LogP contribution < -0.4 is 10.6 Å². The summed E-state index contributed by atoms with van der Waals surface area (Å²) in [6.07, 6.45) is 2.23. The van der Waals surface area contributed by atoms with Gasteiger partial charge in [-0.2, -0.15) is 0 Å². The molecule has 5 heteroatoms. The fourth-order valence-corrected chi connectivity index (χ4v) is 1.86. The second kappa shape index (κ2) is 6.48. The SMILES string of the molecule is CCC(CNC(=O)C1CCNCC1)C(=O)O. The highest BCUT2D eigenvalue weighted by Gasteiger charge is 2.22. The highest BCUT2D eigenvalue weighted by molar-refractivity contribution is 5.79. The zero-order chi connectivity index (χ0) is 12.0. The molecule has 0 aromatic rings. The smallest absolute Gasteiger partial charge is 0.308 e. The molecule has 16 heavy (non-hydrogen) atoms. The topological polar surface area (TPSA) is 78.4 Å². The van der Waals surface area contributed by atoms with Crippen molar-refractivity contribution in [2.75, 3.05) is 19.6 Å². The molecule has 0 aromatic carbocycles. The van der Waals surface area contributed by atoms with Gasteiger partial charge in [-0.15, -0.1) is 0 Å². The van der Waals surface area contributed by atoms with E-state index in [0.29, 0.717) is 6.42 Å². The fourth-order valence-electron chi connectivity index (χ4n) is 1.86. The van der Waals surface area contributed by atoms with Gasteiger partial charge in [0.1, 0.15) is 0 Å². The van der Waals surface area contributed by atoms with Gasteiger partial charge in [0.25, 0.3) is 0 Å². The Morgan fingerprint density at radius 1 is 1.44 bits per heavy atom. The predicted molar refractivity (Wildman–Crippen MR) is 60.0 cm³/mol. The molecule has 0 bridgehead atoms. The molecule has 0 radical (unpaired) electrons. The molecule has 1 rings (SSSR count). The van der Waals surface area contributed by atoms with Gasteiger partial charge in [-0.25, -0.2) is 0 Å². The quantitative estimate of drug-likeness (QED) is 0.628. The summed E-state index contributed by atoms with van der Waals surface area (Å²) in [5.41, 5.74) is 0. The summed E-state index contributed by atoms with van der Waals surface area (Å²) in [5, 5.41) is 14.8. The Labute approximate surface area is 95.6 Å². The normalized spacial score (nSPS) is 19.1. The van der Waals surface area contributed by atoms with E-state index in [4.69, 9.17) is 5.11 Å². The van der Waals surface area contributed by atoms with Crippen molar-refractivity contribution in [3.8, 4) is 0 Å². The fraction of sp³-hybridized carbons (Fsp3) is 0.818. The van der Waals surface area contributed by atoms with Crippen LogP contribution in [0.3, 0.4) is 0 Å². The van der Waals surface area contributed by atoms with Crippen molar-refractivity contribution in [1.29, 1.82) is 0 Å². The number of carbonyl (C=O) groups is 2. The Morgan fingerprint density at radius 2 is 2.06 bits per heavy atom. The van der Waals surface area contributed by atoms with Gasteiger partial charge >= 0.3 is 5.97 Å². The summed E-state index contributed by atoms with van der Waals surface area (Å²) in [6.45, 7) is 3.80. The van der Waals surface area contributed by atoms with Gasteiger partial charge < -0.3 is 15.7 Å². The maximum atomic E-state index is 11.7. The van der Waals surface area contributed by atoms with E-state index in [1.54, 1.807) is 0 Å². The maximum Gasteiger partial charge on any atom is 0.308 e. The number of rotatable bonds is 5. The van der Waals surface area contributed by atoms with Gasteiger partial charge in [0.15, 0.2) is 0 Å². The van der Waals surface area contributed by atoms with E-state index in [0.717, 1.165) is 25.9 Å². The van der Waals surface area contributed by atoms with Crippen LogP contribution in [0.5, 0.6) is 0 Å². The van der Waals surface area contributed by atoms with Gasteiger partial charge in [-0.1, -0.05) is 6.92 Å². The van der Waals surface area contributed by atoms with Crippen LogP contribution >= 0.6 is 0 Å². The highest BCUT2D eigenvalue weighted by Crippen LogP contribution is 2.11. The minimum absolute atomic E-state index is 0.00111. The number of carbonyl (C=O) groups excluding carboxylic acids is 1. The third-order valence-corrected chi connectivity index (χ3v) is 3.07. The summed E-state index contributed by atoms with van der Waals surface area (Å²) >= 11 is 0. The van der Waals surface area contributed by atoms with E-state index >= 15 is 0 Å². The number of nitrogens with one attached hydrogen (secondary N) is 2. The van der Waals surface area contributed by atoms with Gasteiger partial charge in [0.05, 0.1) is 5.92 Å². The summed E-state index contributed by atoms with van der Waals surface area (Å²) in [5.74, 6) is -1.26. The average molecular weight is 228 g/mol. The first-order chi connectivity index (χ1) is 7.65. The lowest BCUT2D eigenvalue weighted by Gasteiger charge is -2.22. The molecule has 1 unspecified atom stereocenters. The minimum atomic E-state index is -0.840. The zero-order valence-electron chi connectivity index (χ0n) is 9.66. The third-order valence-electron chi connectivity index (χ3n) is 3.07. The Balaban J connectivity index is 2.30. The second-order valence-electron chi connectivity index (χ2n) is 4.21. The number of amides is 1. The standard InChI is InChI=1S/C11H20N2O3/c1-2-8(11(15)16)7-13-10(14)9-3-5-12-6-4-9/h8-9,12H,2-7H2,1H3,(H,13,14)(H,15,16). The van der Waals surface area contributed by atoms with Gasteiger partial charge in [-0.3, -0.25) is 9.59 Å². The molecule has 1 amide bonds. The van der Waals surface area contributed by atoms with Crippen LogP contribution in [0.1, 0.15) is 26.2 Å². The first-order valence-electron chi connectivity index (χ1n) is 5.86. The van der Waals surface area contributed by atoms with E-state index in [9.17, 15) is 9.59 Å². The van der Waals surface area contributed by atoms with Crippen LogP contribution in [0, 0.1) is 11.8 Å². The van der Waals surface area contributed by atoms with Crippen LogP contribution in [-0.2, 0) is 9.59 Å². The van der Waals surface area contributed by atoms with Crippen molar-refractivity contribution in [3.05, 3.63) is 0 Å². The number of hydrogen-bond acceptors (Lipinski definition) is 3. The van der Waals surface area contributed by atoms with Crippen molar-refractivity contribution in [2.24, 2.45) is 11.8 Å². The van der Waals surface area contributed by atoms with E-state index in [-0.39, 0.29) is 18.4 Å². The monoisotopic (exact) mass is 228 g/mol. The van der Waals surface area contributed by atoms with Crippen LogP contribution in [0.15, 0.2) is 0 Å². The van der Waals surface area contributed by atoms with Crippen LogP contribution in [0.25, 0.3) is 0 Å². The van der Waals surface area contributed by atoms with Crippen molar-refractivity contribution in [3.63, 3.8) is 0 Å². The summed E-state index contributed by atoms with van der Waals surface area (Å²) in [4.78, 5) is 22.5. The molecule has 0 aliphatic carbocycles. The van der Waals surface area contributed by atoms with Crippen LogP contribution in [0.2, 0.25) is 0 Å². The molecular weight excluding hydrogens is 208 g/mol. The van der Waals surface area contributed by atoms with Crippen molar-refractivity contribution in [2.45, 2.75) is 26.2 Å². The number of carboxylic acids is 1. The molecule has 1 aliphatic heterocycles. The Bertz CT molecular complexity index is 250. The molecule has 5 nitrogen and oxygen atoms in total. The molecule has 1 atom stereocenters. The Morgan fingerprint density at radius 3 is 2.56 bits per heavy atom. The molecule has 0 spiro atoms. The molecule has 0 aromatic heterocycles. The molecular formula is C11H20N2O3. The largest absolute Gasteiger partial charge is 0.481 e. The number of piperidine rings is 1. The van der Waals surface area contributed by atoms with Crippen molar-refractivity contribution < 1.29 is 14.7 Å². The summed E-state index contributed by atoms with van der Waals surface area (Å²) in [7, 11) is 0. The molecule has 1 heterocycles. The molecule has 1 aliphatic rings. The van der Waals surface area contributed by atoms with Gasteiger partial charge in [0, 0.05) is 12.5 Å². The first-order valence-corrected chi connectivity index (χ1v) is 5.86. The predicted octanol–water partition coefficient (Wildman–Crippen LogP) is 0.213. The lowest BCUT2D eigenvalue weighted by atomic mass is 9.97.